The molecule has 0 saturated carbocycles. The summed E-state index contributed by atoms with van der Waals surface area (Å²) < 4.78 is 17.7. The Morgan fingerprint density at radius 2 is 1.76 bits per heavy atom. The Hall–Kier alpha value is -4.66. The number of nitrogens with one attached hydrogen (secondary N) is 1. The number of halogens is 1. The van der Waals surface area contributed by atoms with Crippen LogP contribution >= 0.6 is 0 Å². The summed E-state index contributed by atoms with van der Waals surface area (Å²) in [5.41, 5.74) is 4.30. The number of aryl methyl sites for hydroxylation is 1. The lowest BCUT2D eigenvalue weighted by Crippen LogP contribution is -2.26. The number of rotatable bonds is 8. The smallest absolute Gasteiger partial charge is 0.294 e. The van der Waals surface area contributed by atoms with Crippen molar-refractivity contribution in [3.05, 3.63) is 106 Å². The Morgan fingerprint density at radius 3 is 2.43 bits per heavy atom. The molecule has 9 heteroatoms. The number of hydrogen-bond donors (Lipinski definition) is 1. The van der Waals surface area contributed by atoms with E-state index in [1.54, 1.807) is 10.8 Å². The third-order valence-electron chi connectivity index (χ3n) is 6.31. The highest BCUT2D eigenvalue weighted by molar-refractivity contribution is 5.97. The summed E-state index contributed by atoms with van der Waals surface area (Å²) in [5.74, 6) is -0.335. The molecule has 0 fully saturated rings. The fourth-order valence-electron chi connectivity index (χ4n) is 4.54. The van der Waals surface area contributed by atoms with E-state index in [1.807, 2.05) is 55.5 Å². The molecule has 0 saturated heterocycles. The van der Waals surface area contributed by atoms with Crippen LogP contribution in [0.5, 0.6) is 0 Å². The monoisotopic (exact) mass is 496 g/mol. The van der Waals surface area contributed by atoms with Crippen LogP contribution in [0.15, 0.2) is 77.7 Å². The molecule has 5 rings (SSSR count). The van der Waals surface area contributed by atoms with Crippen LogP contribution in [0.2, 0.25) is 0 Å². The molecule has 0 bridgehead atoms. The number of ketones is 1. The number of para-hydroxylation sites is 1. The average molecular weight is 497 g/mol. The van der Waals surface area contributed by atoms with Crippen LogP contribution in [0.3, 0.4) is 0 Å². The van der Waals surface area contributed by atoms with Gasteiger partial charge < -0.3 is 0 Å². The number of hydrogen-bond acceptors (Lipinski definition) is 5. The summed E-state index contributed by atoms with van der Waals surface area (Å²) in [4.78, 5) is 25.6. The first kappa shape index (κ1) is 24.1. The number of carbonyl (C=O) groups is 1. The minimum atomic E-state index is -0.611. The summed E-state index contributed by atoms with van der Waals surface area (Å²) in [7, 11) is 0. The maximum atomic E-state index is 14.8. The van der Waals surface area contributed by atoms with Crippen LogP contribution in [0.4, 0.5) is 4.39 Å². The molecular formula is C28H25FN6O2. The standard InChI is InChI=1S/C28H25FN6O2/c1-3-7-21-17-35(26-22(18(2)36)10-6-11-25(26)29)28(37)34(21)16-19-12-14-20(15-13-19)23-8-4-5-9-24(23)27-30-32-33-31-27/h4-6,8-15,17H,3,7,16H2,1-2H3,(H,30,31,32,33). The van der Waals surface area contributed by atoms with Crippen LogP contribution in [-0.2, 0) is 13.0 Å². The summed E-state index contributed by atoms with van der Waals surface area (Å²) in [6.07, 6.45) is 3.10. The first-order valence-electron chi connectivity index (χ1n) is 12.0. The fourth-order valence-corrected chi connectivity index (χ4v) is 4.54. The van der Waals surface area contributed by atoms with Gasteiger partial charge in [-0.2, -0.15) is 0 Å². The SMILES string of the molecule is CCCc1cn(-c2c(F)cccc2C(C)=O)c(=O)n1Cc1ccc(-c2ccccc2-c2nnn[nH]2)cc1. The van der Waals surface area contributed by atoms with E-state index in [1.165, 1.54) is 29.7 Å². The Labute approximate surface area is 212 Å². The Balaban J connectivity index is 1.51. The zero-order valence-electron chi connectivity index (χ0n) is 20.5. The van der Waals surface area contributed by atoms with Crippen molar-refractivity contribution in [1.82, 2.24) is 29.8 Å². The number of imidazole rings is 1. The summed E-state index contributed by atoms with van der Waals surface area (Å²) in [5, 5.41) is 14.2. The molecule has 5 aromatic rings. The Kier molecular flexibility index (Phi) is 6.59. The van der Waals surface area contributed by atoms with Crippen molar-refractivity contribution >= 4 is 5.78 Å². The van der Waals surface area contributed by atoms with Gasteiger partial charge in [-0.3, -0.25) is 13.9 Å². The van der Waals surface area contributed by atoms with E-state index in [0.717, 1.165) is 34.4 Å². The lowest BCUT2D eigenvalue weighted by Gasteiger charge is -2.10. The second-order valence-corrected chi connectivity index (χ2v) is 8.79. The first-order chi connectivity index (χ1) is 18.0. The molecule has 3 aromatic carbocycles. The minimum absolute atomic E-state index is 0.00929. The van der Waals surface area contributed by atoms with Gasteiger partial charge in [0.05, 0.1) is 12.2 Å². The molecule has 37 heavy (non-hydrogen) atoms. The van der Waals surface area contributed by atoms with Crippen molar-refractivity contribution in [3.63, 3.8) is 0 Å². The number of H-pyrrole nitrogens is 1. The van der Waals surface area contributed by atoms with Gasteiger partial charge in [0.25, 0.3) is 0 Å². The predicted octanol–water partition coefficient (Wildman–Crippen LogP) is 4.83. The molecular weight excluding hydrogens is 471 g/mol. The third kappa shape index (κ3) is 4.63. The number of Topliss-reactive ketones (excluding diaryl/α,β-unsaturated/α-hetero) is 1. The second-order valence-electron chi connectivity index (χ2n) is 8.79. The molecule has 0 aliphatic carbocycles. The van der Waals surface area contributed by atoms with E-state index in [9.17, 15) is 14.0 Å². The molecule has 0 spiro atoms. The summed E-state index contributed by atoms with van der Waals surface area (Å²) in [6, 6.07) is 20.0. The Morgan fingerprint density at radius 1 is 1.00 bits per heavy atom. The van der Waals surface area contributed by atoms with Crippen LogP contribution in [0.1, 0.15) is 41.9 Å². The van der Waals surface area contributed by atoms with Crippen molar-refractivity contribution in [2.24, 2.45) is 0 Å². The second kappa shape index (κ2) is 10.1. The first-order valence-corrected chi connectivity index (χ1v) is 12.0. The van der Waals surface area contributed by atoms with Gasteiger partial charge >= 0.3 is 5.69 Å². The quantitative estimate of drug-likeness (QED) is 0.310. The average Bonchev–Trinajstić information content (AvgIpc) is 3.54. The van der Waals surface area contributed by atoms with Crippen molar-refractivity contribution in [1.29, 1.82) is 0 Å². The maximum Gasteiger partial charge on any atom is 0.333 e. The van der Waals surface area contributed by atoms with Gasteiger partial charge in [-0.05, 0) is 52.6 Å². The molecule has 0 unspecified atom stereocenters. The molecule has 0 amide bonds. The van der Waals surface area contributed by atoms with Crippen molar-refractivity contribution < 1.29 is 9.18 Å². The van der Waals surface area contributed by atoms with Crippen molar-refractivity contribution in [3.8, 4) is 28.2 Å². The van der Waals surface area contributed by atoms with Crippen molar-refractivity contribution in [2.75, 3.05) is 0 Å². The molecule has 186 valence electrons. The number of aromatic amines is 1. The molecule has 8 nitrogen and oxygen atoms in total. The zero-order chi connectivity index (χ0) is 25.9. The van der Waals surface area contributed by atoms with Crippen LogP contribution in [0.25, 0.3) is 28.2 Å². The normalized spacial score (nSPS) is 11.1. The number of aromatic nitrogens is 6. The number of carbonyl (C=O) groups excluding carboxylic acids is 1. The number of tetrazole rings is 1. The highest BCUT2D eigenvalue weighted by atomic mass is 19.1. The molecule has 2 heterocycles. The van der Waals surface area contributed by atoms with Gasteiger partial charge in [0.1, 0.15) is 5.82 Å². The molecule has 2 aromatic heterocycles. The van der Waals surface area contributed by atoms with Gasteiger partial charge in [-0.25, -0.2) is 14.3 Å². The number of benzene rings is 3. The molecule has 0 radical (unpaired) electrons. The number of nitrogens with zero attached hydrogens (tertiary/aromatic N) is 5. The summed E-state index contributed by atoms with van der Waals surface area (Å²) in [6.45, 7) is 3.71. The van der Waals surface area contributed by atoms with E-state index in [4.69, 9.17) is 0 Å². The largest absolute Gasteiger partial charge is 0.333 e. The maximum absolute atomic E-state index is 14.8. The minimum Gasteiger partial charge on any atom is -0.294 e. The zero-order valence-corrected chi connectivity index (χ0v) is 20.5. The van der Waals surface area contributed by atoms with Gasteiger partial charge in [0, 0.05) is 23.0 Å². The van der Waals surface area contributed by atoms with Gasteiger partial charge in [-0.1, -0.05) is 67.9 Å². The van der Waals surface area contributed by atoms with Gasteiger partial charge in [-0.15, -0.1) is 5.10 Å². The van der Waals surface area contributed by atoms with Crippen LogP contribution in [0, 0.1) is 5.82 Å². The topological polar surface area (TPSA) is 98.5 Å². The van der Waals surface area contributed by atoms with E-state index >= 15 is 0 Å². The van der Waals surface area contributed by atoms with E-state index in [-0.39, 0.29) is 22.7 Å². The molecule has 1 N–H and O–H groups in total. The van der Waals surface area contributed by atoms with E-state index in [0.29, 0.717) is 18.8 Å². The van der Waals surface area contributed by atoms with Gasteiger partial charge in [0.15, 0.2) is 11.6 Å². The van der Waals surface area contributed by atoms with Gasteiger partial charge in [0.2, 0.25) is 0 Å². The van der Waals surface area contributed by atoms with E-state index in [2.05, 4.69) is 20.6 Å². The van der Waals surface area contributed by atoms with Crippen molar-refractivity contribution in [2.45, 2.75) is 33.2 Å². The lowest BCUT2D eigenvalue weighted by molar-refractivity contribution is 0.101. The van der Waals surface area contributed by atoms with Crippen LogP contribution in [-0.4, -0.2) is 35.5 Å². The van der Waals surface area contributed by atoms with E-state index < -0.39 is 5.82 Å². The highest BCUT2D eigenvalue weighted by Crippen LogP contribution is 2.30. The molecule has 0 aliphatic heterocycles. The highest BCUT2D eigenvalue weighted by Gasteiger charge is 2.20. The van der Waals surface area contributed by atoms with Crippen LogP contribution < -0.4 is 5.69 Å². The fraction of sp³-hybridized carbons (Fsp3) is 0.179. The summed E-state index contributed by atoms with van der Waals surface area (Å²) >= 11 is 0. The Bertz CT molecular complexity index is 1620. The third-order valence-corrected chi connectivity index (χ3v) is 6.31. The molecule has 0 aliphatic rings. The predicted molar refractivity (Wildman–Crippen MR) is 138 cm³/mol. The lowest BCUT2D eigenvalue weighted by atomic mass is 9.98. The molecule has 0 atom stereocenters.